The normalized spacial score (nSPS) is 12.6. The zero-order chi connectivity index (χ0) is 13.4. The number of hydrogen-bond donors (Lipinski definition) is 1. The van der Waals surface area contributed by atoms with E-state index >= 15 is 0 Å². The third-order valence-electron chi connectivity index (χ3n) is 2.12. The molecule has 0 atom stereocenters. The minimum Gasteiger partial charge on any atom is -0.319 e. The average molecular weight is 249 g/mol. The first-order valence-electron chi connectivity index (χ1n) is 4.74. The lowest BCUT2D eigenvalue weighted by Gasteiger charge is -2.17. The first-order valence-corrected chi connectivity index (χ1v) is 4.74. The van der Waals surface area contributed by atoms with E-state index in [2.05, 4.69) is 0 Å². The van der Waals surface area contributed by atoms with Crippen molar-refractivity contribution in [2.75, 3.05) is 0 Å². The highest BCUT2D eigenvalue weighted by Crippen LogP contribution is 2.31. The van der Waals surface area contributed by atoms with Crippen LogP contribution in [0.3, 0.4) is 0 Å². The van der Waals surface area contributed by atoms with Gasteiger partial charge in [0.15, 0.2) is 5.78 Å². The first kappa shape index (κ1) is 13.6. The van der Waals surface area contributed by atoms with Gasteiger partial charge in [-0.25, -0.2) is 4.39 Å². The van der Waals surface area contributed by atoms with Gasteiger partial charge in [-0.1, -0.05) is 6.07 Å². The number of hydrogen-bond acceptors (Lipinski definition) is 2. The molecule has 0 bridgehead atoms. The van der Waals surface area contributed by atoms with E-state index in [9.17, 15) is 22.4 Å². The summed E-state index contributed by atoms with van der Waals surface area (Å²) in [4.78, 5) is 11.6. The maximum atomic E-state index is 13.2. The van der Waals surface area contributed by atoms with Crippen molar-refractivity contribution in [1.82, 2.24) is 0 Å². The van der Waals surface area contributed by atoms with Crippen LogP contribution in [0.15, 0.2) is 18.2 Å². The third-order valence-corrected chi connectivity index (χ3v) is 2.12. The molecule has 0 unspecified atom stereocenters. The van der Waals surface area contributed by atoms with Gasteiger partial charge in [-0.3, -0.25) is 4.79 Å². The minimum absolute atomic E-state index is 0.178. The summed E-state index contributed by atoms with van der Waals surface area (Å²) >= 11 is 0. The molecule has 0 radical (unpaired) electrons. The number of halogens is 4. The summed E-state index contributed by atoms with van der Waals surface area (Å²) in [5, 5.41) is 0. The largest absolute Gasteiger partial charge is 0.419 e. The first-order chi connectivity index (χ1) is 7.53. The molecule has 2 N–H and O–H groups in total. The number of carbonyl (C=O) groups excluding carboxylic acids is 1. The van der Waals surface area contributed by atoms with Crippen molar-refractivity contribution < 1.29 is 22.4 Å². The minimum atomic E-state index is -4.77. The maximum Gasteiger partial charge on any atom is 0.419 e. The van der Waals surface area contributed by atoms with Gasteiger partial charge < -0.3 is 5.73 Å². The average Bonchev–Trinajstić information content (AvgIpc) is 2.12. The summed E-state index contributed by atoms with van der Waals surface area (Å²) in [5.41, 5.74) is 2.66. The molecule has 0 aliphatic heterocycles. The molecule has 0 aliphatic carbocycles. The van der Waals surface area contributed by atoms with E-state index in [1.807, 2.05) is 0 Å². The van der Waals surface area contributed by atoms with Gasteiger partial charge in [0.2, 0.25) is 0 Å². The van der Waals surface area contributed by atoms with Crippen molar-refractivity contribution in [3.8, 4) is 0 Å². The number of benzene rings is 1. The second-order valence-electron chi connectivity index (χ2n) is 4.24. The predicted octanol–water partition coefficient (Wildman–Crippen LogP) is 2.76. The van der Waals surface area contributed by atoms with Gasteiger partial charge in [0.25, 0.3) is 0 Å². The molecule has 0 aromatic heterocycles. The molecule has 1 aromatic carbocycles. The Kier molecular flexibility index (Phi) is 3.29. The van der Waals surface area contributed by atoms with Gasteiger partial charge >= 0.3 is 6.18 Å². The topological polar surface area (TPSA) is 43.1 Å². The van der Waals surface area contributed by atoms with Crippen molar-refractivity contribution in [3.63, 3.8) is 0 Å². The third kappa shape index (κ3) is 3.03. The Morgan fingerprint density at radius 1 is 1.24 bits per heavy atom. The van der Waals surface area contributed by atoms with Gasteiger partial charge in [0.1, 0.15) is 5.82 Å². The van der Waals surface area contributed by atoms with E-state index in [4.69, 9.17) is 5.73 Å². The standard InChI is InChI=1S/C11H11F4NO/c1-10(2,16)9(17)6-3-4-7(8(12)5-6)11(13,14)15/h3-5H,16H2,1-2H3. The Labute approximate surface area is 95.4 Å². The highest BCUT2D eigenvalue weighted by molar-refractivity contribution is 6.02. The summed E-state index contributed by atoms with van der Waals surface area (Å²) in [6.07, 6.45) is -4.77. The second-order valence-corrected chi connectivity index (χ2v) is 4.24. The lowest BCUT2D eigenvalue weighted by atomic mass is 9.93. The number of carbonyl (C=O) groups is 1. The molecule has 0 aliphatic rings. The Hall–Kier alpha value is -1.43. The number of Topliss-reactive ketones (excluding diaryl/α,β-unsaturated/α-hetero) is 1. The molecular formula is C11H11F4NO. The number of ketones is 1. The van der Waals surface area contributed by atoms with Crippen LogP contribution in [0.2, 0.25) is 0 Å². The summed E-state index contributed by atoms with van der Waals surface area (Å²) in [7, 11) is 0. The summed E-state index contributed by atoms with van der Waals surface area (Å²) in [5.74, 6) is -2.10. The quantitative estimate of drug-likeness (QED) is 0.647. The van der Waals surface area contributed by atoms with Crippen molar-refractivity contribution in [2.24, 2.45) is 5.73 Å². The van der Waals surface area contributed by atoms with Crippen LogP contribution in [0.25, 0.3) is 0 Å². The van der Waals surface area contributed by atoms with Crippen LogP contribution < -0.4 is 5.73 Å². The van der Waals surface area contributed by atoms with Gasteiger partial charge in [0, 0.05) is 5.56 Å². The zero-order valence-corrected chi connectivity index (χ0v) is 9.23. The molecule has 94 valence electrons. The van der Waals surface area contributed by atoms with Crippen LogP contribution in [0.1, 0.15) is 29.8 Å². The summed E-state index contributed by atoms with van der Waals surface area (Å²) in [6, 6.07) is 2.01. The van der Waals surface area contributed by atoms with Crippen molar-refractivity contribution in [2.45, 2.75) is 25.6 Å². The maximum absolute atomic E-state index is 13.2. The molecule has 0 amide bonds. The Balaban J connectivity index is 3.19. The molecule has 0 fully saturated rings. The van der Waals surface area contributed by atoms with E-state index < -0.39 is 28.9 Å². The van der Waals surface area contributed by atoms with Crippen LogP contribution in [-0.2, 0) is 6.18 Å². The number of alkyl halides is 3. The molecule has 0 saturated carbocycles. The lowest BCUT2D eigenvalue weighted by molar-refractivity contribution is -0.140. The van der Waals surface area contributed by atoms with Crippen LogP contribution >= 0.6 is 0 Å². The fraction of sp³-hybridized carbons (Fsp3) is 0.364. The van der Waals surface area contributed by atoms with Gasteiger partial charge in [-0.05, 0) is 26.0 Å². The van der Waals surface area contributed by atoms with Gasteiger partial charge in [-0.2, -0.15) is 13.2 Å². The molecule has 0 saturated heterocycles. The second kappa shape index (κ2) is 4.10. The lowest BCUT2D eigenvalue weighted by Crippen LogP contribution is -2.41. The van der Waals surface area contributed by atoms with Gasteiger partial charge in [-0.15, -0.1) is 0 Å². The zero-order valence-electron chi connectivity index (χ0n) is 9.23. The van der Waals surface area contributed by atoms with Crippen molar-refractivity contribution >= 4 is 5.78 Å². The number of rotatable bonds is 2. The van der Waals surface area contributed by atoms with E-state index in [-0.39, 0.29) is 5.56 Å². The van der Waals surface area contributed by atoms with E-state index in [1.165, 1.54) is 13.8 Å². The van der Waals surface area contributed by atoms with Crippen molar-refractivity contribution in [3.05, 3.63) is 35.1 Å². The monoisotopic (exact) mass is 249 g/mol. The van der Waals surface area contributed by atoms with Crippen LogP contribution in [0, 0.1) is 5.82 Å². The van der Waals surface area contributed by atoms with E-state index in [1.54, 1.807) is 0 Å². The SMILES string of the molecule is CC(C)(N)C(=O)c1ccc(C(F)(F)F)c(F)c1. The van der Waals surface area contributed by atoms with Gasteiger partial charge in [0.05, 0.1) is 11.1 Å². The Bertz CT molecular complexity index is 446. The Morgan fingerprint density at radius 3 is 2.12 bits per heavy atom. The van der Waals surface area contributed by atoms with E-state index in [0.29, 0.717) is 12.1 Å². The molecule has 0 heterocycles. The highest BCUT2D eigenvalue weighted by Gasteiger charge is 2.35. The van der Waals surface area contributed by atoms with Crippen molar-refractivity contribution in [1.29, 1.82) is 0 Å². The molecule has 17 heavy (non-hydrogen) atoms. The fourth-order valence-electron chi connectivity index (χ4n) is 1.26. The fourth-order valence-corrected chi connectivity index (χ4v) is 1.26. The predicted molar refractivity (Wildman–Crippen MR) is 54.0 cm³/mol. The molecule has 1 aromatic rings. The Morgan fingerprint density at radius 2 is 1.76 bits per heavy atom. The number of nitrogens with two attached hydrogens (primary N) is 1. The van der Waals surface area contributed by atoms with E-state index in [0.717, 1.165) is 6.07 Å². The molecule has 0 spiro atoms. The molecular weight excluding hydrogens is 238 g/mol. The van der Waals surface area contributed by atoms with Crippen LogP contribution in [0.4, 0.5) is 17.6 Å². The smallest absolute Gasteiger partial charge is 0.319 e. The summed E-state index contributed by atoms with van der Waals surface area (Å²) in [6.45, 7) is 2.79. The molecule has 1 rings (SSSR count). The highest BCUT2D eigenvalue weighted by atomic mass is 19.4. The molecule has 6 heteroatoms. The van der Waals surface area contributed by atoms with Crippen LogP contribution in [0.5, 0.6) is 0 Å². The van der Waals surface area contributed by atoms with Crippen LogP contribution in [-0.4, -0.2) is 11.3 Å². The summed E-state index contributed by atoms with van der Waals surface area (Å²) < 4.78 is 50.0. The molecule has 2 nitrogen and oxygen atoms in total.